The van der Waals surface area contributed by atoms with E-state index in [9.17, 15) is 0 Å². The monoisotopic (exact) mass is 289 g/mol. The van der Waals surface area contributed by atoms with Gasteiger partial charge in [0, 0.05) is 9.75 Å². The molecule has 1 unspecified atom stereocenters. The Hall–Kier alpha value is -1.32. The molecule has 0 bridgehead atoms. The van der Waals surface area contributed by atoms with Crippen LogP contribution >= 0.6 is 11.3 Å². The van der Waals surface area contributed by atoms with Gasteiger partial charge in [-0.1, -0.05) is 26.0 Å². The first-order chi connectivity index (χ1) is 9.74. The number of nitrogens with one attached hydrogen (secondary N) is 1. The van der Waals surface area contributed by atoms with Crippen molar-refractivity contribution in [1.82, 2.24) is 5.32 Å². The molecule has 1 heterocycles. The van der Waals surface area contributed by atoms with Crippen LogP contribution in [0.3, 0.4) is 0 Å². The van der Waals surface area contributed by atoms with Gasteiger partial charge in [0.05, 0.1) is 12.6 Å². The summed E-state index contributed by atoms with van der Waals surface area (Å²) in [7, 11) is 0. The second-order valence-electron chi connectivity index (χ2n) is 4.86. The van der Waals surface area contributed by atoms with Crippen molar-refractivity contribution in [3.63, 3.8) is 0 Å². The molecule has 2 aromatic rings. The van der Waals surface area contributed by atoms with Crippen molar-refractivity contribution in [2.75, 3.05) is 13.2 Å². The molecule has 0 radical (unpaired) electrons. The van der Waals surface area contributed by atoms with Crippen LogP contribution in [0.15, 0.2) is 36.4 Å². The molecule has 1 aromatic heterocycles. The molecule has 0 aliphatic rings. The van der Waals surface area contributed by atoms with Gasteiger partial charge in [-0.2, -0.15) is 0 Å². The van der Waals surface area contributed by atoms with Gasteiger partial charge in [0.15, 0.2) is 0 Å². The molecule has 0 fully saturated rings. The second-order valence-corrected chi connectivity index (χ2v) is 6.18. The smallest absolute Gasteiger partial charge is 0.119 e. The first kappa shape index (κ1) is 15.1. The minimum absolute atomic E-state index is 0.254. The molecule has 1 N–H and O–H groups in total. The van der Waals surface area contributed by atoms with Crippen LogP contribution in [0.25, 0.3) is 0 Å². The summed E-state index contributed by atoms with van der Waals surface area (Å²) < 4.78 is 5.74. The molecule has 1 aromatic carbocycles. The number of benzene rings is 1. The Morgan fingerprint density at radius 1 is 1.20 bits per heavy atom. The van der Waals surface area contributed by atoms with E-state index >= 15 is 0 Å². The maximum atomic E-state index is 5.74. The minimum atomic E-state index is 0.254. The third-order valence-electron chi connectivity index (χ3n) is 3.12. The third kappa shape index (κ3) is 3.84. The number of thiophene rings is 1. The molecular formula is C17H23NOS. The SMILES string of the molecule is CCCOc1cccc(C(NCC)c2ccc(C)s2)c1. The second kappa shape index (κ2) is 7.46. The van der Waals surface area contributed by atoms with Gasteiger partial charge in [0.25, 0.3) is 0 Å². The predicted molar refractivity (Wildman–Crippen MR) is 86.8 cm³/mol. The van der Waals surface area contributed by atoms with E-state index in [-0.39, 0.29) is 6.04 Å². The number of hydrogen-bond donors (Lipinski definition) is 1. The maximum Gasteiger partial charge on any atom is 0.119 e. The van der Waals surface area contributed by atoms with Crippen LogP contribution in [0.4, 0.5) is 0 Å². The minimum Gasteiger partial charge on any atom is -0.494 e. The van der Waals surface area contributed by atoms with E-state index in [0.717, 1.165) is 25.3 Å². The summed E-state index contributed by atoms with van der Waals surface area (Å²) in [5.74, 6) is 0.959. The Bertz CT molecular complexity index is 535. The van der Waals surface area contributed by atoms with Crippen LogP contribution in [0, 0.1) is 6.92 Å². The van der Waals surface area contributed by atoms with Crippen molar-refractivity contribution in [2.45, 2.75) is 33.2 Å². The summed E-state index contributed by atoms with van der Waals surface area (Å²) in [5, 5.41) is 3.57. The molecule has 2 rings (SSSR count). The van der Waals surface area contributed by atoms with E-state index in [0.29, 0.717) is 0 Å². The summed E-state index contributed by atoms with van der Waals surface area (Å²) in [4.78, 5) is 2.71. The van der Waals surface area contributed by atoms with E-state index in [1.54, 1.807) is 0 Å². The van der Waals surface area contributed by atoms with Crippen LogP contribution in [0.2, 0.25) is 0 Å². The quantitative estimate of drug-likeness (QED) is 0.807. The van der Waals surface area contributed by atoms with Crippen molar-refractivity contribution in [2.24, 2.45) is 0 Å². The molecule has 20 heavy (non-hydrogen) atoms. The predicted octanol–water partition coefficient (Wildman–Crippen LogP) is 4.54. The van der Waals surface area contributed by atoms with Crippen LogP contribution in [-0.2, 0) is 0 Å². The number of rotatable bonds is 7. The fourth-order valence-corrected chi connectivity index (χ4v) is 3.18. The molecule has 0 aliphatic heterocycles. The average molecular weight is 289 g/mol. The summed E-state index contributed by atoms with van der Waals surface area (Å²) in [6.07, 6.45) is 1.03. The highest BCUT2D eigenvalue weighted by Crippen LogP contribution is 2.30. The van der Waals surface area contributed by atoms with Gasteiger partial charge in [-0.25, -0.2) is 0 Å². The van der Waals surface area contributed by atoms with E-state index in [4.69, 9.17) is 4.74 Å². The summed E-state index contributed by atoms with van der Waals surface area (Å²) in [6.45, 7) is 8.14. The van der Waals surface area contributed by atoms with Gasteiger partial charge in [-0.3, -0.25) is 0 Å². The van der Waals surface area contributed by atoms with Crippen molar-refractivity contribution in [1.29, 1.82) is 0 Å². The first-order valence-corrected chi connectivity index (χ1v) is 8.08. The topological polar surface area (TPSA) is 21.3 Å². The van der Waals surface area contributed by atoms with E-state index in [1.165, 1.54) is 15.3 Å². The Labute approximate surface area is 125 Å². The van der Waals surface area contributed by atoms with E-state index < -0.39 is 0 Å². The van der Waals surface area contributed by atoms with Gasteiger partial charge in [0.2, 0.25) is 0 Å². The number of ether oxygens (including phenoxy) is 1. The van der Waals surface area contributed by atoms with Crippen molar-refractivity contribution in [3.8, 4) is 5.75 Å². The fourth-order valence-electron chi connectivity index (χ4n) is 2.20. The zero-order valence-electron chi connectivity index (χ0n) is 12.5. The molecule has 3 heteroatoms. The lowest BCUT2D eigenvalue weighted by Gasteiger charge is -2.18. The van der Waals surface area contributed by atoms with Crippen LogP contribution < -0.4 is 10.1 Å². The lowest BCUT2D eigenvalue weighted by atomic mass is 10.0. The normalized spacial score (nSPS) is 12.3. The lowest BCUT2D eigenvalue weighted by molar-refractivity contribution is 0.317. The highest BCUT2D eigenvalue weighted by atomic mass is 32.1. The van der Waals surface area contributed by atoms with Crippen LogP contribution in [0.1, 0.15) is 41.6 Å². The standard InChI is InChI=1S/C17H23NOS/c1-4-11-19-15-8-6-7-14(12-15)17(18-5-2)16-10-9-13(3)20-16/h6-10,12,17-18H,4-5,11H2,1-3H3. The summed E-state index contributed by atoms with van der Waals surface area (Å²) in [6, 6.07) is 13.1. The molecule has 0 amide bonds. The Kier molecular flexibility index (Phi) is 5.62. The lowest BCUT2D eigenvalue weighted by Crippen LogP contribution is -2.21. The molecule has 1 atom stereocenters. The highest BCUT2D eigenvalue weighted by Gasteiger charge is 2.15. The van der Waals surface area contributed by atoms with Gasteiger partial charge in [0.1, 0.15) is 5.75 Å². The van der Waals surface area contributed by atoms with Crippen molar-refractivity contribution >= 4 is 11.3 Å². The van der Waals surface area contributed by atoms with E-state index in [2.05, 4.69) is 56.4 Å². The van der Waals surface area contributed by atoms with Crippen molar-refractivity contribution in [3.05, 3.63) is 51.7 Å². The van der Waals surface area contributed by atoms with Gasteiger partial charge in [-0.15, -0.1) is 11.3 Å². The molecule has 2 nitrogen and oxygen atoms in total. The molecule has 0 saturated carbocycles. The Morgan fingerprint density at radius 3 is 2.70 bits per heavy atom. The molecule has 0 saturated heterocycles. The van der Waals surface area contributed by atoms with Crippen molar-refractivity contribution < 1.29 is 4.74 Å². The molecule has 108 valence electrons. The Morgan fingerprint density at radius 2 is 2.05 bits per heavy atom. The third-order valence-corrected chi connectivity index (χ3v) is 4.18. The largest absolute Gasteiger partial charge is 0.494 e. The molecule has 0 aliphatic carbocycles. The number of aryl methyl sites for hydroxylation is 1. The zero-order chi connectivity index (χ0) is 14.4. The van der Waals surface area contributed by atoms with Crippen LogP contribution in [-0.4, -0.2) is 13.2 Å². The zero-order valence-corrected chi connectivity index (χ0v) is 13.3. The van der Waals surface area contributed by atoms with E-state index in [1.807, 2.05) is 17.4 Å². The van der Waals surface area contributed by atoms with Gasteiger partial charge < -0.3 is 10.1 Å². The fraction of sp³-hybridized carbons (Fsp3) is 0.412. The first-order valence-electron chi connectivity index (χ1n) is 7.27. The van der Waals surface area contributed by atoms with Crippen LogP contribution in [0.5, 0.6) is 5.75 Å². The highest BCUT2D eigenvalue weighted by molar-refractivity contribution is 7.12. The maximum absolute atomic E-state index is 5.74. The Balaban J connectivity index is 2.24. The summed E-state index contributed by atoms with van der Waals surface area (Å²) >= 11 is 1.85. The van der Waals surface area contributed by atoms with Gasteiger partial charge in [-0.05, 0) is 49.7 Å². The molecule has 0 spiro atoms. The average Bonchev–Trinajstić information content (AvgIpc) is 2.89. The number of hydrogen-bond acceptors (Lipinski definition) is 3. The summed E-state index contributed by atoms with van der Waals surface area (Å²) in [5.41, 5.74) is 1.27. The molecular weight excluding hydrogens is 266 g/mol. The van der Waals surface area contributed by atoms with Gasteiger partial charge >= 0.3 is 0 Å².